The van der Waals surface area contributed by atoms with Crippen molar-refractivity contribution < 1.29 is 19.1 Å². The largest absolute Gasteiger partial charge is 0.497 e. The highest BCUT2D eigenvalue weighted by Gasteiger charge is 2.28. The van der Waals surface area contributed by atoms with E-state index in [4.69, 9.17) is 4.74 Å². The molecule has 1 N–H and O–H groups in total. The molecule has 1 aromatic carbocycles. The number of rotatable bonds is 10. The number of carbonyl (C=O) groups is 3. The SMILES string of the molecule is COc1ccc(N2CCN(C(=O)Cc3csc(NC(=O)CN(CC(C)C)C(=O)C4CCCCC4)n3)CC2)cc1. The van der Waals surface area contributed by atoms with Gasteiger partial charge in [0.05, 0.1) is 25.8 Å². The number of hydrogen-bond donors (Lipinski definition) is 1. The normalized spacial score (nSPS) is 16.3. The number of methoxy groups -OCH3 is 1. The third-order valence-electron chi connectivity index (χ3n) is 7.39. The summed E-state index contributed by atoms with van der Waals surface area (Å²) in [4.78, 5) is 49.2. The van der Waals surface area contributed by atoms with Crippen molar-refractivity contribution in [1.29, 1.82) is 0 Å². The number of carbonyl (C=O) groups excluding carboxylic acids is 3. The molecule has 1 aromatic heterocycles. The number of piperazine rings is 1. The zero-order valence-corrected chi connectivity index (χ0v) is 24.2. The summed E-state index contributed by atoms with van der Waals surface area (Å²) in [6.07, 6.45) is 5.37. The van der Waals surface area contributed by atoms with E-state index in [-0.39, 0.29) is 42.5 Å². The lowest BCUT2D eigenvalue weighted by molar-refractivity contribution is -0.139. The summed E-state index contributed by atoms with van der Waals surface area (Å²) in [7, 11) is 1.65. The Morgan fingerprint density at radius 3 is 2.41 bits per heavy atom. The standard InChI is InChI=1S/C29H41N5O4S/c1-21(2)18-34(28(37)22-7-5-4-6-8-22)19-26(35)31-29-30-23(20-39-29)17-27(36)33-15-13-32(14-16-33)24-9-11-25(38-3)12-10-24/h9-12,20-22H,4-8,13-19H2,1-3H3,(H,30,31,35). The van der Waals surface area contributed by atoms with E-state index in [1.54, 1.807) is 12.0 Å². The van der Waals surface area contributed by atoms with Crippen molar-refractivity contribution in [2.75, 3.05) is 56.6 Å². The first-order valence-corrected chi connectivity index (χ1v) is 14.9. The molecule has 0 radical (unpaired) electrons. The summed E-state index contributed by atoms with van der Waals surface area (Å²) in [5, 5.41) is 5.12. The van der Waals surface area contributed by atoms with E-state index in [0.29, 0.717) is 30.5 Å². The minimum absolute atomic E-state index is 0.0276. The first-order chi connectivity index (χ1) is 18.8. The molecule has 2 fully saturated rings. The molecule has 0 atom stereocenters. The van der Waals surface area contributed by atoms with Crippen LogP contribution in [-0.2, 0) is 20.8 Å². The topological polar surface area (TPSA) is 95.1 Å². The Morgan fingerprint density at radius 1 is 1.08 bits per heavy atom. The smallest absolute Gasteiger partial charge is 0.245 e. The molecule has 1 aliphatic carbocycles. The molecule has 9 nitrogen and oxygen atoms in total. The predicted octanol–water partition coefficient (Wildman–Crippen LogP) is 4.05. The second-order valence-electron chi connectivity index (χ2n) is 10.9. The zero-order valence-electron chi connectivity index (χ0n) is 23.4. The van der Waals surface area contributed by atoms with Gasteiger partial charge in [0.15, 0.2) is 5.13 Å². The fourth-order valence-corrected chi connectivity index (χ4v) is 6.06. The summed E-state index contributed by atoms with van der Waals surface area (Å²) in [5.74, 6) is 1.01. The van der Waals surface area contributed by atoms with Crippen LogP contribution < -0.4 is 15.0 Å². The van der Waals surface area contributed by atoms with Crippen molar-refractivity contribution >= 4 is 39.9 Å². The summed E-state index contributed by atoms with van der Waals surface area (Å²) < 4.78 is 5.23. The monoisotopic (exact) mass is 555 g/mol. The number of ether oxygens (including phenoxy) is 1. The molecule has 10 heteroatoms. The number of hydrogen-bond acceptors (Lipinski definition) is 7. The van der Waals surface area contributed by atoms with Gasteiger partial charge in [-0.25, -0.2) is 4.98 Å². The van der Waals surface area contributed by atoms with E-state index in [9.17, 15) is 14.4 Å². The number of thiazole rings is 1. The molecule has 0 bridgehead atoms. The highest BCUT2D eigenvalue weighted by Crippen LogP contribution is 2.26. The molecule has 1 saturated carbocycles. The summed E-state index contributed by atoms with van der Waals surface area (Å²) in [6, 6.07) is 7.97. The number of amides is 3. The van der Waals surface area contributed by atoms with Crippen LogP contribution in [0.3, 0.4) is 0 Å². The van der Waals surface area contributed by atoms with Gasteiger partial charge in [-0.15, -0.1) is 11.3 Å². The average Bonchev–Trinajstić information content (AvgIpc) is 3.38. The molecular weight excluding hydrogens is 514 g/mol. The second-order valence-corrected chi connectivity index (χ2v) is 11.7. The number of aromatic nitrogens is 1. The van der Waals surface area contributed by atoms with E-state index >= 15 is 0 Å². The van der Waals surface area contributed by atoms with E-state index in [2.05, 4.69) is 29.0 Å². The van der Waals surface area contributed by atoms with E-state index in [1.807, 2.05) is 34.5 Å². The Bertz CT molecular complexity index is 1110. The molecule has 0 spiro atoms. The lowest BCUT2D eigenvalue weighted by Crippen LogP contribution is -2.49. The molecule has 212 valence electrons. The van der Waals surface area contributed by atoms with Crippen molar-refractivity contribution in [3.8, 4) is 5.75 Å². The number of benzene rings is 1. The molecule has 2 aliphatic rings. The predicted molar refractivity (Wildman–Crippen MR) is 154 cm³/mol. The van der Waals surface area contributed by atoms with Gasteiger partial charge >= 0.3 is 0 Å². The van der Waals surface area contributed by atoms with Crippen LogP contribution in [0.25, 0.3) is 0 Å². The second kappa shape index (κ2) is 13.8. The summed E-state index contributed by atoms with van der Waals surface area (Å²) >= 11 is 1.31. The van der Waals surface area contributed by atoms with Crippen LogP contribution >= 0.6 is 11.3 Å². The van der Waals surface area contributed by atoms with Gasteiger partial charge in [0.1, 0.15) is 5.75 Å². The first-order valence-electron chi connectivity index (χ1n) is 14.0. The number of nitrogens with one attached hydrogen (secondary N) is 1. The van der Waals surface area contributed by atoms with Crippen LogP contribution in [0.4, 0.5) is 10.8 Å². The van der Waals surface area contributed by atoms with Gasteiger partial charge in [0.2, 0.25) is 17.7 Å². The Labute approximate surface area is 235 Å². The van der Waals surface area contributed by atoms with Crippen LogP contribution in [-0.4, -0.2) is 78.9 Å². The van der Waals surface area contributed by atoms with Gasteiger partial charge in [-0.05, 0) is 43.0 Å². The summed E-state index contributed by atoms with van der Waals surface area (Å²) in [5.41, 5.74) is 1.77. The molecule has 3 amide bonds. The van der Waals surface area contributed by atoms with E-state index < -0.39 is 0 Å². The zero-order chi connectivity index (χ0) is 27.8. The van der Waals surface area contributed by atoms with Crippen LogP contribution in [0.2, 0.25) is 0 Å². The minimum atomic E-state index is -0.248. The Balaban J connectivity index is 1.25. The Hall–Kier alpha value is -3.14. The van der Waals surface area contributed by atoms with Crippen molar-refractivity contribution in [3.63, 3.8) is 0 Å². The number of anilines is 2. The van der Waals surface area contributed by atoms with Crippen LogP contribution in [0, 0.1) is 11.8 Å². The maximum absolute atomic E-state index is 13.1. The molecule has 4 rings (SSSR count). The van der Waals surface area contributed by atoms with Gasteiger partial charge < -0.3 is 24.8 Å². The molecule has 1 aliphatic heterocycles. The fourth-order valence-electron chi connectivity index (χ4n) is 5.33. The summed E-state index contributed by atoms with van der Waals surface area (Å²) in [6.45, 7) is 7.54. The molecule has 1 saturated heterocycles. The average molecular weight is 556 g/mol. The number of nitrogens with zero attached hydrogens (tertiary/aromatic N) is 4. The van der Waals surface area contributed by atoms with Crippen LogP contribution in [0.5, 0.6) is 5.75 Å². The van der Waals surface area contributed by atoms with Gasteiger partial charge in [0.25, 0.3) is 0 Å². The fraction of sp³-hybridized carbons (Fsp3) is 0.586. The van der Waals surface area contributed by atoms with Crippen molar-refractivity contribution in [1.82, 2.24) is 14.8 Å². The van der Waals surface area contributed by atoms with Gasteiger partial charge in [0, 0.05) is 49.7 Å². The van der Waals surface area contributed by atoms with Crippen molar-refractivity contribution in [2.45, 2.75) is 52.4 Å². The lowest BCUT2D eigenvalue weighted by atomic mass is 9.88. The quantitative estimate of drug-likeness (QED) is 0.475. The Kier molecular flexibility index (Phi) is 10.2. The third-order valence-corrected chi connectivity index (χ3v) is 8.19. The van der Waals surface area contributed by atoms with Crippen molar-refractivity contribution in [2.24, 2.45) is 11.8 Å². The maximum atomic E-state index is 13.1. The van der Waals surface area contributed by atoms with Gasteiger partial charge in [-0.1, -0.05) is 33.1 Å². The van der Waals surface area contributed by atoms with Crippen LogP contribution in [0.1, 0.15) is 51.6 Å². The third kappa shape index (κ3) is 8.17. The van der Waals surface area contributed by atoms with Crippen LogP contribution in [0.15, 0.2) is 29.6 Å². The maximum Gasteiger partial charge on any atom is 0.245 e. The van der Waals surface area contributed by atoms with Gasteiger partial charge in [-0.2, -0.15) is 0 Å². The van der Waals surface area contributed by atoms with E-state index in [1.165, 1.54) is 17.8 Å². The molecule has 2 heterocycles. The molecular formula is C29H41N5O4S. The first kappa shape index (κ1) is 28.9. The van der Waals surface area contributed by atoms with Gasteiger partial charge in [-0.3, -0.25) is 14.4 Å². The Morgan fingerprint density at radius 2 is 1.77 bits per heavy atom. The highest BCUT2D eigenvalue weighted by atomic mass is 32.1. The lowest BCUT2D eigenvalue weighted by Gasteiger charge is -2.36. The van der Waals surface area contributed by atoms with E-state index in [0.717, 1.165) is 50.2 Å². The van der Waals surface area contributed by atoms with Crippen molar-refractivity contribution in [3.05, 3.63) is 35.3 Å². The molecule has 0 unspecified atom stereocenters. The molecule has 39 heavy (non-hydrogen) atoms. The highest BCUT2D eigenvalue weighted by molar-refractivity contribution is 7.13. The molecule has 2 aromatic rings. The minimum Gasteiger partial charge on any atom is -0.497 e.